The fraction of sp³-hybridized carbons (Fsp3) is 0.348. The highest BCUT2D eigenvalue weighted by Gasteiger charge is 2.44. The van der Waals surface area contributed by atoms with Gasteiger partial charge < -0.3 is 29.7 Å². The van der Waals surface area contributed by atoms with E-state index in [-0.39, 0.29) is 19.1 Å². The summed E-state index contributed by atoms with van der Waals surface area (Å²) < 4.78 is 15.9. The van der Waals surface area contributed by atoms with Gasteiger partial charge in [0.15, 0.2) is 5.06 Å². The van der Waals surface area contributed by atoms with Gasteiger partial charge in [0.1, 0.15) is 12.1 Å². The van der Waals surface area contributed by atoms with Crippen molar-refractivity contribution >= 4 is 40.6 Å². The zero-order chi connectivity index (χ0) is 23.4. The van der Waals surface area contributed by atoms with Crippen LogP contribution in [0, 0.1) is 19.3 Å². The number of ether oxygens (including phenoxy) is 3. The van der Waals surface area contributed by atoms with Gasteiger partial charge in [-0.15, -0.1) is 6.42 Å². The van der Waals surface area contributed by atoms with Crippen LogP contribution < -0.4 is 20.3 Å². The average molecular weight is 470 g/mol. The average Bonchev–Trinajstić information content (AvgIpc) is 3.45. The second-order valence-electron chi connectivity index (χ2n) is 7.72. The molecule has 2 aliphatic heterocycles. The lowest BCUT2D eigenvalue weighted by atomic mass is 9.97. The van der Waals surface area contributed by atoms with Crippen molar-refractivity contribution in [3.63, 3.8) is 0 Å². The summed E-state index contributed by atoms with van der Waals surface area (Å²) in [5, 5.41) is 5.84. The smallest absolute Gasteiger partial charge is 0.399 e. The summed E-state index contributed by atoms with van der Waals surface area (Å²) in [6.07, 6.45) is 4.87. The van der Waals surface area contributed by atoms with Crippen molar-refractivity contribution in [3.8, 4) is 17.4 Å². The summed E-state index contributed by atoms with van der Waals surface area (Å²) in [7, 11) is 0. The zero-order valence-electron chi connectivity index (χ0n) is 18.0. The molecule has 0 saturated carbocycles. The van der Waals surface area contributed by atoms with E-state index in [1.807, 2.05) is 6.92 Å². The number of anilines is 2. The quantitative estimate of drug-likeness (QED) is 0.651. The molecule has 1 aromatic carbocycles. The van der Waals surface area contributed by atoms with E-state index >= 15 is 0 Å². The maximum atomic E-state index is 13.2. The number of morpholine rings is 1. The lowest BCUT2D eigenvalue weighted by Crippen LogP contribution is -2.58. The van der Waals surface area contributed by atoms with Crippen LogP contribution in [0.15, 0.2) is 30.3 Å². The normalized spacial score (nSPS) is 20.2. The molecule has 2 fully saturated rings. The van der Waals surface area contributed by atoms with Crippen molar-refractivity contribution in [1.82, 2.24) is 5.32 Å². The molecule has 2 N–H and O–H groups in total. The molecular formula is C23H23N3O6S. The summed E-state index contributed by atoms with van der Waals surface area (Å²) in [5.74, 6) is 1.95. The van der Waals surface area contributed by atoms with Gasteiger partial charge in [0.25, 0.3) is 11.8 Å². The summed E-state index contributed by atoms with van der Waals surface area (Å²) >= 11 is 1.16. The number of rotatable bonds is 5. The Balaban J connectivity index is 1.44. The van der Waals surface area contributed by atoms with Gasteiger partial charge in [-0.1, -0.05) is 17.3 Å². The van der Waals surface area contributed by atoms with E-state index in [1.165, 1.54) is 0 Å². The molecule has 172 valence electrons. The summed E-state index contributed by atoms with van der Waals surface area (Å²) in [5.41, 5.74) is 0.870. The van der Waals surface area contributed by atoms with Crippen molar-refractivity contribution in [1.29, 1.82) is 0 Å². The number of nitrogens with zero attached hydrogens (tertiary/aromatic N) is 1. The number of hydrogen-bond acceptors (Lipinski definition) is 7. The summed E-state index contributed by atoms with van der Waals surface area (Å²) in [4.78, 5) is 40.1. The fourth-order valence-electron chi connectivity index (χ4n) is 3.72. The molecule has 1 atom stereocenters. The Labute approximate surface area is 195 Å². The molecular weight excluding hydrogens is 446 g/mol. The number of aryl methyl sites for hydroxylation is 1. The molecule has 0 bridgehead atoms. The minimum Gasteiger partial charge on any atom is -0.399 e. The van der Waals surface area contributed by atoms with E-state index in [0.29, 0.717) is 41.8 Å². The summed E-state index contributed by atoms with van der Waals surface area (Å²) in [6.45, 7) is 3.22. The highest BCUT2D eigenvalue weighted by atomic mass is 32.1. The molecule has 3 heterocycles. The Morgan fingerprint density at radius 2 is 2.09 bits per heavy atom. The number of thiophene rings is 1. The Hall–Kier alpha value is -3.39. The lowest BCUT2D eigenvalue weighted by Gasteiger charge is -2.29. The standard InChI is InChI=1S/C23H23N3O6S/c1-3-17-5-7-20(33-17)32-22(29)25-23(8-10-31-14-23)21(28)24-16-4-6-18(15(2)12-16)26-9-11-30-13-19(26)27/h1,4-7,12H,8-11,13-14H2,2H3,(H,24,28)(H,25,29). The maximum absolute atomic E-state index is 13.2. The van der Waals surface area contributed by atoms with Gasteiger partial charge in [0.05, 0.1) is 18.1 Å². The van der Waals surface area contributed by atoms with Crippen LogP contribution in [0.4, 0.5) is 16.2 Å². The maximum Gasteiger partial charge on any atom is 0.414 e. The number of terminal acetylenes is 1. The van der Waals surface area contributed by atoms with Gasteiger partial charge in [0, 0.05) is 30.9 Å². The largest absolute Gasteiger partial charge is 0.414 e. The first kappa shape index (κ1) is 22.8. The monoisotopic (exact) mass is 469 g/mol. The Morgan fingerprint density at radius 3 is 2.76 bits per heavy atom. The number of benzene rings is 1. The van der Waals surface area contributed by atoms with E-state index in [1.54, 1.807) is 35.2 Å². The second kappa shape index (κ2) is 9.62. The molecule has 10 heteroatoms. The molecule has 3 amide bonds. The van der Waals surface area contributed by atoms with Crippen LogP contribution in [0.5, 0.6) is 5.06 Å². The molecule has 0 radical (unpaired) electrons. The van der Waals surface area contributed by atoms with Crippen molar-refractivity contribution < 1.29 is 28.6 Å². The van der Waals surface area contributed by atoms with Crippen LogP contribution >= 0.6 is 11.3 Å². The third-order valence-electron chi connectivity index (χ3n) is 5.45. The van der Waals surface area contributed by atoms with Gasteiger partial charge >= 0.3 is 6.09 Å². The molecule has 33 heavy (non-hydrogen) atoms. The molecule has 0 spiro atoms. The molecule has 1 unspecified atom stereocenters. The first-order valence-electron chi connectivity index (χ1n) is 10.3. The predicted molar refractivity (Wildman–Crippen MR) is 123 cm³/mol. The fourth-order valence-corrected chi connectivity index (χ4v) is 4.39. The number of amides is 3. The minimum atomic E-state index is -1.27. The van der Waals surface area contributed by atoms with Crippen molar-refractivity contribution in [2.24, 2.45) is 0 Å². The first-order chi connectivity index (χ1) is 15.9. The van der Waals surface area contributed by atoms with E-state index in [0.717, 1.165) is 22.6 Å². The van der Waals surface area contributed by atoms with E-state index in [4.69, 9.17) is 20.6 Å². The number of nitrogens with one attached hydrogen (secondary N) is 2. The van der Waals surface area contributed by atoms with E-state index in [9.17, 15) is 14.4 Å². The summed E-state index contributed by atoms with van der Waals surface area (Å²) in [6, 6.07) is 8.56. The SMILES string of the molecule is C#Cc1ccc(OC(=O)NC2(C(=O)Nc3ccc(N4CCOCC4=O)c(C)c3)CCOC2)s1. The molecule has 0 aliphatic carbocycles. The first-order valence-corrected chi connectivity index (χ1v) is 11.2. The Bertz CT molecular complexity index is 1120. The topological polar surface area (TPSA) is 106 Å². The molecule has 9 nitrogen and oxygen atoms in total. The Kier molecular flexibility index (Phi) is 6.65. The minimum absolute atomic E-state index is 0.0212. The van der Waals surface area contributed by atoms with Gasteiger partial charge in [-0.25, -0.2) is 4.79 Å². The van der Waals surface area contributed by atoms with Crippen LogP contribution in [0.25, 0.3) is 0 Å². The predicted octanol–water partition coefficient (Wildman–Crippen LogP) is 2.29. The van der Waals surface area contributed by atoms with Gasteiger partial charge in [0.2, 0.25) is 0 Å². The van der Waals surface area contributed by atoms with Crippen LogP contribution in [0.1, 0.15) is 16.9 Å². The van der Waals surface area contributed by atoms with Gasteiger partial charge in [-0.3, -0.25) is 9.59 Å². The number of carbonyl (C=O) groups excluding carboxylic acids is 3. The number of hydrogen-bond donors (Lipinski definition) is 2. The number of carbonyl (C=O) groups is 3. The van der Waals surface area contributed by atoms with E-state index in [2.05, 4.69) is 16.6 Å². The second-order valence-corrected chi connectivity index (χ2v) is 8.76. The lowest BCUT2D eigenvalue weighted by molar-refractivity contribution is -0.125. The third kappa shape index (κ3) is 5.01. The highest BCUT2D eigenvalue weighted by molar-refractivity contribution is 7.14. The molecule has 2 saturated heterocycles. The van der Waals surface area contributed by atoms with E-state index < -0.39 is 17.5 Å². The van der Waals surface area contributed by atoms with Gasteiger partial charge in [-0.05, 0) is 42.8 Å². The highest BCUT2D eigenvalue weighted by Crippen LogP contribution is 2.28. The third-order valence-corrected chi connectivity index (χ3v) is 6.34. The van der Waals surface area contributed by atoms with Crippen LogP contribution in [-0.2, 0) is 19.1 Å². The molecule has 2 aromatic rings. The van der Waals surface area contributed by atoms with Crippen molar-refractivity contribution in [3.05, 3.63) is 40.8 Å². The van der Waals surface area contributed by atoms with Gasteiger partial charge in [-0.2, -0.15) is 0 Å². The van der Waals surface area contributed by atoms with Crippen LogP contribution in [-0.4, -0.2) is 56.4 Å². The van der Waals surface area contributed by atoms with Crippen LogP contribution in [0.3, 0.4) is 0 Å². The molecule has 4 rings (SSSR count). The Morgan fingerprint density at radius 1 is 1.24 bits per heavy atom. The molecule has 1 aromatic heterocycles. The van der Waals surface area contributed by atoms with Crippen molar-refractivity contribution in [2.75, 3.05) is 43.2 Å². The molecule has 2 aliphatic rings. The van der Waals surface area contributed by atoms with Crippen LogP contribution in [0.2, 0.25) is 0 Å². The zero-order valence-corrected chi connectivity index (χ0v) is 18.8. The van der Waals surface area contributed by atoms with Crippen molar-refractivity contribution in [2.45, 2.75) is 18.9 Å².